The van der Waals surface area contributed by atoms with Crippen LogP contribution in [0, 0.1) is 10.1 Å². The molecule has 7 heteroatoms. The topological polar surface area (TPSA) is 84.7 Å². The highest BCUT2D eigenvalue weighted by Crippen LogP contribution is 2.15. The molecule has 1 aliphatic rings. The number of amides is 1. The maximum absolute atomic E-state index is 11.6. The van der Waals surface area contributed by atoms with Crippen LogP contribution in [-0.4, -0.2) is 42.2 Å². The van der Waals surface area contributed by atoms with Crippen LogP contribution >= 0.6 is 0 Å². The van der Waals surface area contributed by atoms with E-state index in [2.05, 4.69) is 10.2 Å². The molecule has 1 aromatic carbocycles. The Labute approximate surface area is 123 Å². The zero-order valence-electron chi connectivity index (χ0n) is 11.8. The summed E-state index contributed by atoms with van der Waals surface area (Å²) in [7, 11) is 0. The summed E-state index contributed by atoms with van der Waals surface area (Å²) in [5.41, 5.74) is 0.461. The molecule has 1 aliphatic heterocycles. The first-order chi connectivity index (χ1) is 10.1. The van der Waals surface area contributed by atoms with Gasteiger partial charge in [0, 0.05) is 24.4 Å². The predicted octanol–water partition coefficient (Wildman–Crippen LogP) is 2.63. The quantitative estimate of drug-likeness (QED) is 0.666. The second kappa shape index (κ2) is 7.58. The number of nitro groups is 1. The van der Waals surface area contributed by atoms with Crippen molar-refractivity contribution in [2.75, 3.05) is 31.6 Å². The number of ether oxygens (including phenoxy) is 1. The Balaban J connectivity index is 1.70. The van der Waals surface area contributed by atoms with Gasteiger partial charge in [-0.15, -0.1) is 0 Å². The number of nitro benzene ring substituents is 1. The first-order valence-corrected chi connectivity index (χ1v) is 7.06. The van der Waals surface area contributed by atoms with E-state index in [4.69, 9.17) is 4.74 Å². The number of anilines is 1. The van der Waals surface area contributed by atoms with Crippen molar-refractivity contribution in [3.8, 4) is 0 Å². The van der Waals surface area contributed by atoms with E-state index < -0.39 is 11.0 Å². The monoisotopic (exact) mass is 293 g/mol. The van der Waals surface area contributed by atoms with Crippen molar-refractivity contribution in [2.45, 2.75) is 19.3 Å². The molecule has 1 aromatic rings. The van der Waals surface area contributed by atoms with E-state index in [1.54, 1.807) is 0 Å². The fourth-order valence-electron chi connectivity index (χ4n) is 2.27. The van der Waals surface area contributed by atoms with E-state index in [0.29, 0.717) is 12.3 Å². The molecule has 1 amide bonds. The molecule has 0 radical (unpaired) electrons. The van der Waals surface area contributed by atoms with Gasteiger partial charge in [-0.2, -0.15) is 0 Å². The molecule has 1 N–H and O–H groups in total. The smallest absolute Gasteiger partial charge is 0.411 e. The Bertz CT molecular complexity index is 483. The minimum atomic E-state index is -0.541. The summed E-state index contributed by atoms with van der Waals surface area (Å²) in [6.07, 6.45) is 3.14. The number of nitrogens with one attached hydrogen (secondary N) is 1. The zero-order chi connectivity index (χ0) is 15.1. The number of nitrogens with zero attached hydrogens (tertiary/aromatic N) is 2. The molecule has 1 fully saturated rings. The van der Waals surface area contributed by atoms with Crippen molar-refractivity contribution < 1.29 is 14.5 Å². The van der Waals surface area contributed by atoms with Crippen molar-refractivity contribution in [3.63, 3.8) is 0 Å². The van der Waals surface area contributed by atoms with E-state index in [1.807, 2.05) is 0 Å². The Hall–Kier alpha value is -2.15. The standard InChI is InChI=1S/C14H19N3O4/c18-14(21-11-10-16-8-2-1-3-9-16)15-12-4-6-13(7-5-12)17(19)20/h4-7H,1-3,8-11H2,(H,15,18). The summed E-state index contributed by atoms with van der Waals surface area (Å²) in [6.45, 7) is 3.22. The lowest BCUT2D eigenvalue weighted by Gasteiger charge is -2.25. The van der Waals surface area contributed by atoms with Crippen molar-refractivity contribution in [1.82, 2.24) is 4.90 Å². The number of carbonyl (C=O) groups is 1. The van der Waals surface area contributed by atoms with Gasteiger partial charge in [0.25, 0.3) is 5.69 Å². The van der Waals surface area contributed by atoms with Crippen LogP contribution in [0.5, 0.6) is 0 Å². The first-order valence-electron chi connectivity index (χ1n) is 7.06. The van der Waals surface area contributed by atoms with Gasteiger partial charge < -0.3 is 4.74 Å². The molecule has 0 unspecified atom stereocenters. The maximum atomic E-state index is 11.6. The fourth-order valence-corrected chi connectivity index (χ4v) is 2.27. The molecule has 1 heterocycles. The average molecular weight is 293 g/mol. The largest absolute Gasteiger partial charge is 0.448 e. The molecule has 1 saturated heterocycles. The molecule has 21 heavy (non-hydrogen) atoms. The van der Waals surface area contributed by atoms with Crippen LogP contribution < -0.4 is 5.32 Å². The van der Waals surface area contributed by atoms with Crippen LogP contribution in [0.4, 0.5) is 16.2 Å². The first kappa shape index (κ1) is 15.2. The van der Waals surface area contributed by atoms with Gasteiger partial charge in [0.1, 0.15) is 6.61 Å². The number of benzene rings is 1. The van der Waals surface area contributed by atoms with Crippen molar-refractivity contribution in [3.05, 3.63) is 34.4 Å². The van der Waals surface area contributed by atoms with Gasteiger partial charge in [-0.25, -0.2) is 4.79 Å². The minimum Gasteiger partial charge on any atom is -0.448 e. The maximum Gasteiger partial charge on any atom is 0.411 e. The van der Waals surface area contributed by atoms with Gasteiger partial charge >= 0.3 is 6.09 Å². The lowest BCUT2D eigenvalue weighted by Crippen LogP contribution is -2.33. The average Bonchev–Trinajstić information content (AvgIpc) is 2.49. The molecule has 114 valence electrons. The lowest BCUT2D eigenvalue weighted by atomic mass is 10.1. The number of non-ortho nitro benzene ring substituents is 1. The van der Waals surface area contributed by atoms with Crippen LogP contribution in [0.25, 0.3) is 0 Å². The van der Waals surface area contributed by atoms with Crippen LogP contribution in [-0.2, 0) is 4.74 Å². The Kier molecular flexibility index (Phi) is 5.51. The predicted molar refractivity (Wildman–Crippen MR) is 78.4 cm³/mol. The third-order valence-corrected chi connectivity index (χ3v) is 3.41. The summed E-state index contributed by atoms with van der Waals surface area (Å²) in [5, 5.41) is 13.1. The van der Waals surface area contributed by atoms with Gasteiger partial charge in [-0.1, -0.05) is 6.42 Å². The summed E-state index contributed by atoms with van der Waals surface area (Å²) in [4.78, 5) is 23.9. The van der Waals surface area contributed by atoms with E-state index in [9.17, 15) is 14.9 Å². The molecule has 7 nitrogen and oxygen atoms in total. The fraction of sp³-hybridized carbons (Fsp3) is 0.500. The van der Waals surface area contributed by atoms with Crippen molar-refractivity contribution in [2.24, 2.45) is 0 Å². The van der Waals surface area contributed by atoms with Crippen LogP contribution in [0.3, 0.4) is 0 Å². The normalized spacial score (nSPS) is 15.4. The minimum absolute atomic E-state index is 0.0148. The molecule has 0 spiro atoms. The summed E-state index contributed by atoms with van der Waals surface area (Å²) in [5.74, 6) is 0. The third kappa shape index (κ3) is 5.03. The number of hydrogen-bond donors (Lipinski definition) is 1. The molecular weight excluding hydrogens is 274 g/mol. The highest BCUT2D eigenvalue weighted by atomic mass is 16.6. The summed E-state index contributed by atoms with van der Waals surface area (Å²) < 4.78 is 5.10. The number of likely N-dealkylation sites (tertiary alicyclic amines) is 1. The second-order valence-electron chi connectivity index (χ2n) is 4.97. The van der Waals surface area contributed by atoms with Gasteiger partial charge in [-0.05, 0) is 38.1 Å². The molecule has 0 bridgehead atoms. The van der Waals surface area contributed by atoms with Gasteiger partial charge in [-0.3, -0.25) is 20.3 Å². The highest BCUT2D eigenvalue weighted by Gasteiger charge is 2.11. The summed E-state index contributed by atoms with van der Waals surface area (Å²) >= 11 is 0. The van der Waals surface area contributed by atoms with Crippen LogP contribution in [0.1, 0.15) is 19.3 Å². The van der Waals surface area contributed by atoms with Crippen LogP contribution in [0.2, 0.25) is 0 Å². The molecule has 0 saturated carbocycles. The van der Waals surface area contributed by atoms with Crippen molar-refractivity contribution >= 4 is 17.5 Å². The van der Waals surface area contributed by atoms with E-state index in [0.717, 1.165) is 19.6 Å². The number of carbonyl (C=O) groups excluding carboxylic acids is 1. The molecule has 0 aromatic heterocycles. The summed E-state index contributed by atoms with van der Waals surface area (Å²) in [6, 6.07) is 5.63. The molecule has 2 rings (SSSR count). The Morgan fingerprint density at radius 2 is 1.90 bits per heavy atom. The SMILES string of the molecule is O=C(Nc1ccc([N+](=O)[O-])cc1)OCCN1CCCCC1. The van der Waals surface area contributed by atoms with E-state index in [1.165, 1.54) is 43.5 Å². The lowest BCUT2D eigenvalue weighted by molar-refractivity contribution is -0.384. The highest BCUT2D eigenvalue weighted by molar-refractivity contribution is 5.84. The van der Waals surface area contributed by atoms with E-state index in [-0.39, 0.29) is 5.69 Å². The zero-order valence-corrected chi connectivity index (χ0v) is 11.8. The third-order valence-electron chi connectivity index (χ3n) is 3.41. The molecular formula is C14H19N3O4. The Morgan fingerprint density at radius 3 is 2.52 bits per heavy atom. The van der Waals surface area contributed by atoms with Gasteiger partial charge in [0.15, 0.2) is 0 Å². The molecule has 0 atom stereocenters. The molecule has 0 aliphatic carbocycles. The van der Waals surface area contributed by atoms with Crippen LogP contribution in [0.15, 0.2) is 24.3 Å². The van der Waals surface area contributed by atoms with E-state index >= 15 is 0 Å². The van der Waals surface area contributed by atoms with Crippen molar-refractivity contribution in [1.29, 1.82) is 0 Å². The number of piperidine rings is 1. The second-order valence-corrected chi connectivity index (χ2v) is 4.97. The Morgan fingerprint density at radius 1 is 1.24 bits per heavy atom. The van der Waals surface area contributed by atoms with Gasteiger partial charge in [0.2, 0.25) is 0 Å². The number of rotatable bonds is 5. The number of hydrogen-bond acceptors (Lipinski definition) is 5. The van der Waals surface area contributed by atoms with Gasteiger partial charge in [0.05, 0.1) is 4.92 Å².